The molecule has 0 aromatic heterocycles. The second-order valence-corrected chi connectivity index (χ2v) is 4.16. The van der Waals surface area contributed by atoms with Gasteiger partial charge in [-0.15, -0.1) is 0 Å². The van der Waals surface area contributed by atoms with E-state index in [1.54, 1.807) is 0 Å². The Balaban J connectivity index is 2.33. The second-order valence-electron chi connectivity index (χ2n) is 4.16. The number of fused-ring (bicyclic) bond motifs is 1. The van der Waals surface area contributed by atoms with Crippen molar-refractivity contribution in [2.45, 2.75) is 18.9 Å². The van der Waals surface area contributed by atoms with E-state index in [1.165, 1.54) is 17.7 Å². The van der Waals surface area contributed by atoms with Crippen molar-refractivity contribution in [3.05, 3.63) is 29.3 Å². The summed E-state index contributed by atoms with van der Waals surface area (Å²) in [5.41, 5.74) is 9.00. The first-order chi connectivity index (χ1) is 7.22. The van der Waals surface area contributed by atoms with Crippen LogP contribution in [0.1, 0.15) is 23.7 Å². The maximum Gasteiger partial charge on any atom is 0.0912 e. The number of nitrogens with zero attached hydrogens (tertiary/aromatic N) is 1. The van der Waals surface area contributed by atoms with Crippen molar-refractivity contribution in [3.8, 4) is 0 Å². The van der Waals surface area contributed by atoms with Gasteiger partial charge in [0.2, 0.25) is 0 Å². The molecule has 1 atom stereocenters. The normalized spacial score (nSPS) is 17.4. The molecule has 0 fully saturated rings. The zero-order chi connectivity index (χ0) is 10.8. The van der Waals surface area contributed by atoms with Crippen LogP contribution in [0.4, 0.5) is 5.69 Å². The van der Waals surface area contributed by atoms with E-state index >= 15 is 0 Å². The molecule has 3 nitrogen and oxygen atoms in total. The van der Waals surface area contributed by atoms with Gasteiger partial charge in [-0.3, -0.25) is 0 Å². The highest BCUT2D eigenvalue weighted by molar-refractivity contribution is 5.56. The van der Waals surface area contributed by atoms with Gasteiger partial charge in [0, 0.05) is 25.8 Å². The topological polar surface area (TPSA) is 49.5 Å². The molecule has 1 aliphatic heterocycles. The predicted octanol–water partition coefficient (Wildman–Crippen LogP) is 1.06. The molecule has 1 unspecified atom stereocenters. The van der Waals surface area contributed by atoms with Gasteiger partial charge >= 0.3 is 0 Å². The lowest BCUT2D eigenvalue weighted by Gasteiger charge is -2.28. The number of rotatable bonds is 2. The summed E-state index contributed by atoms with van der Waals surface area (Å²) in [7, 11) is 2.11. The molecular formula is C12H18N2O. The number of hydrogen-bond donors (Lipinski definition) is 2. The van der Waals surface area contributed by atoms with Crippen LogP contribution in [0.3, 0.4) is 0 Å². The van der Waals surface area contributed by atoms with Gasteiger partial charge < -0.3 is 15.7 Å². The average molecular weight is 206 g/mol. The van der Waals surface area contributed by atoms with Gasteiger partial charge in [0.05, 0.1) is 6.10 Å². The Labute approximate surface area is 90.5 Å². The van der Waals surface area contributed by atoms with Crippen molar-refractivity contribution in [1.29, 1.82) is 0 Å². The first kappa shape index (κ1) is 10.5. The summed E-state index contributed by atoms with van der Waals surface area (Å²) in [6, 6.07) is 6.14. The fourth-order valence-corrected chi connectivity index (χ4v) is 2.15. The maximum absolute atomic E-state index is 9.66. The molecular weight excluding hydrogens is 188 g/mol. The average Bonchev–Trinajstić information content (AvgIpc) is 2.28. The van der Waals surface area contributed by atoms with Crippen molar-refractivity contribution >= 4 is 5.69 Å². The molecule has 82 valence electrons. The minimum atomic E-state index is -0.525. The third-order valence-corrected chi connectivity index (χ3v) is 3.06. The van der Waals surface area contributed by atoms with Crippen LogP contribution in [0.2, 0.25) is 0 Å². The number of aryl methyl sites for hydroxylation is 1. The molecule has 3 heteroatoms. The Morgan fingerprint density at radius 3 is 3.07 bits per heavy atom. The van der Waals surface area contributed by atoms with E-state index in [0.29, 0.717) is 0 Å². The number of aliphatic hydroxyl groups excluding tert-OH is 1. The maximum atomic E-state index is 9.66. The Morgan fingerprint density at radius 1 is 1.53 bits per heavy atom. The third kappa shape index (κ3) is 1.98. The predicted molar refractivity (Wildman–Crippen MR) is 62.0 cm³/mol. The Bertz CT molecular complexity index is 351. The monoisotopic (exact) mass is 206 g/mol. The van der Waals surface area contributed by atoms with Crippen LogP contribution in [0.5, 0.6) is 0 Å². The quantitative estimate of drug-likeness (QED) is 0.760. The molecule has 0 bridgehead atoms. The van der Waals surface area contributed by atoms with Crippen molar-refractivity contribution in [2.24, 2.45) is 5.73 Å². The summed E-state index contributed by atoms with van der Waals surface area (Å²) in [5.74, 6) is 0. The lowest BCUT2D eigenvalue weighted by Crippen LogP contribution is -2.25. The van der Waals surface area contributed by atoms with E-state index in [-0.39, 0.29) is 6.54 Å². The van der Waals surface area contributed by atoms with Crippen molar-refractivity contribution in [2.75, 3.05) is 25.0 Å². The minimum Gasteiger partial charge on any atom is -0.387 e. The molecule has 0 saturated heterocycles. The minimum absolute atomic E-state index is 0.286. The molecule has 3 N–H and O–H groups in total. The highest BCUT2D eigenvalue weighted by atomic mass is 16.3. The van der Waals surface area contributed by atoms with Crippen LogP contribution in [-0.2, 0) is 6.42 Å². The molecule has 0 radical (unpaired) electrons. The van der Waals surface area contributed by atoms with E-state index in [1.807, 2.05) is 6.07 Å². The zero-order valence-electron chi connectivity index (χ0n) is 9.11. The van der Waals surface area contributed by atoms with Crippen LogP contribution in [0.25, 0.3) is 0 Å². The number of hydrogen-bond acceptors (Lipinski definition) is 3. The first-order valence-corrected chi connectivity index (χ1v) is 5.44. The Kier molecular flexibility index (Phi) is 2.93. The fourth-order valence-electron chi connectivity index (χ4n) is 2.15. The standard InChI is InChI=1S/C12H18N2O/c1-14-6-2-3-9-7-10(12(15)8-13)4-5-11(9)14/h4-5,7,12,15H,2-3,6,8,13H2,1H3. The van der Waals surface area contributed by atoms with E-state index in [9.17, 15) is 5.11 Å². The summed E-state index contributed by atoms with van der Waals surface area (Å²) in [5, 5.41) is 9.66. The third-order valence-electron chi connectivity index (χ3n) is 3.06. The molecule has 15 heavy (non-hydrogen) atoms. The van der Waals surface area contributed by atoms with Gasteiger partial charge in [-0.2, -0.15) is 0 Å². The summed E-state index contributed by atoms with van der Waals surface area (Å²) in [6.07, 6.45) is 1.76. The second kappa shape index (κ2) is 4.21. The van der Waals surface area contributed by atoms with Gasteiger partial charge in [-0.1, -0.05) is 12.1 Å². The van der Waals surface area contributed by atoms with E-state index in [4.69, 9.17) is 5.73 Å². The van der Waals surface area contributed by atoms with Crippen LogP contribution in [-0.4, -0.2) is 25.2 Å². The van der Waals surface area contributed by atoms with Gasteiger partial charge in [0.15, 0.2) is 0 Å². The highest BCUT2D eigenvalue weighted by Gasteiger charge is 2.15. The largest absolute Gasteiger partial charge is 0.387 e. The molecule has 1 heterocycles. The van der Waals surface area contributed by atoms with Crippen LogP contribution in [0.15, 0.2) is 18.2 Å². The van der Waals surface area contributed by atoms with E-state index in [2.05, 4.69) is 24.1 Å². The smallest absolute Gasteiger partial charge is 0.0912 e. The summed E-state index contributed by atoms with van der Waals surface area (Å²) in [4.78, 5) is 2.26. The molecule has 2 rings (SSSR count). The van der Waals surface area contributed by atoms with Crippen molar-refractivity contribution in [3.63, 3.8) is 0 Å². The number of aliphatic hydroxyl groups is 1. The van der Waals surface area contributed by atoms with Crippen LogP contribution in [0, 0.1) is 0 Å². The van der Waals surface area contributed by atoms with Crippen LogP contribution < -0.4 is 10.6 Å². The molecule has 1 aromatic rings. The Morgan fingerprint density at radius 2 is 2.33 bits per heavy atom. The molecule has 1 aliphatic rings. The molecule has 0 spiro atoms. The summed E-state index contributed by atoms with van der Waals surface area (Å²) in [6.45, 7) is 1.40. The van der Waals surface area contributed by atoms with Crippen molar-refractivity contribution in [1.82, 2.24) is 0 Å². The number of benzene rings is 1. The summed E-state index contributed by atoms with van der Waals surface area (Å²) < 4.78 is 0. The zero-order valence-corrected chi connectivity index (χ0v) is 9.11. The lowest BCUT2D eigenvalue weighted by molar-refractivity contribution is 0.186. The Hall–Kier alpha value is -1.06. The molecule has 1 aromatic carbocycles. The number of nitrogens with two attached hydrogens (primary N) is 1. The number of anilines is 1. The molecule has 0 amide bonds. The lowest BCUT2D eigenvalue weighted by atomic mass is 9.97. The summed E-state index contributed by atoms with van der Waals surface area (Å²) >= 11 is 0. The van der Waals surface area contributed by atoms with Gasteiger partial charge in [-0.25, -0.2) is 0 Å². The van der Waals surface area contributed by atoms with Gasteiger partial charge in [0.25, 0.3) is 0 Å². The van der Waals surface area contributed by atoms with Gasteiger partial charge in [0.1, 0.15) is 0 Å². The molecule has 0 saturated carbocycles. The first-order valence-electron chi connectivity index (χ1n) is 5.44. The van der Waals surface area contributed by atoms with Gasteiger partial charge in [-0.05, 0) is 30.0 Å². The highest BCUT2D eigenvalue weighted by Crippen LogP contribution is 2.28. The SMILES string of the molecule is CN1CCCc2cc(C(O)CN)ccc21. The molecule has 0 aliphatic carbocycles. The van der Waals surface area contributed by atoms with Crippen LogP contribution >= 0.6 is 0 Å². The van der Waals surface area contributed by atoms with E-state index in [0.717, 1.165) is 18.5 Å². The van der Waals surface area contributed by atoms with Crippen molar-refractivity contribution < 1.29 is 5.11 Å². The van der Waals surface area contributed by atoms with E-state index < -0.39 is 6.10 Å². The fraction of sp³-hybridized carbons (Fsp3) is 0.500.